The summed E-state index contributed by atoms with van der Waals surface area (Å²) in [6, 6.07) is 17.1. The number of amides is 1. The van der Waals surface area contributed by atoms with Gasteiger partial charge in [-0.05, 0) is 48.9 Å². The van der Waals surface area contributed by atoms with Crippen LogP contribution in [0.15, 0.2) is 59.1 Å². The molecule has 0 spiro atoms. The number of rotatable bonds is 9. The molecule has 1 N–H and O–H groups in total. The van der Waals surface area contributed by atoms with Crippen molar-refractivity contribution in [3.05, 3.63) is 70.9 Å². The lowest BCUT2D eigenvalue weighted by molar-refractivity contribution is 0.0879. The molecule has 2 heterocycles. The Morgan fingerprint density at radius 3 is 2.51 bits per heavy atom. The van der Waals surface area contributed by atoms with Crippen LogP contribution in [-0.2, 0) is 0 Å². The molecular weight excluding hydrogens is 464 g/mol. The molecule has 1 amide bonds. The zero-order chi connectivity index (χ0) is 24.8. The third kappa shape index (κ3) is 6.63. The van der Waals surface area contributed by atoms with E-state index in [4.69, 9.17) is 20.9 Å². The van der Waals surface area contributed by atoms with Crippen molar-refractivity contribution in [1.29, 1.82) is 0 Å². The Morgan fingerprint density at radius 2 is 1.83 bits per heavy atom. The normalized spacial score (nSPS) is 15.8. The van der Waals surface area contributed by atoms with Crippen LogP contribution in [-0.4, -0.2) is 67.2 Å². The van der Waals surface area contributed by atoms with Gasteiger partial charge in [0.15, 0.2) is 11.5 Å². The number of carbonyl (C=O) groups is 1. The van der Waals surface area contributed by atoms with Gasteiger partial charge in [0.2, 0.25) is 0 Å². The molecule has 1 aliphatic rings. The van der Waals surface area contributed by atoms with E-state index in [1.807, 2.05) is 48.5 Å². The summed E-state index contributed by atoms with van der Waals surface area (Å²) < 4.78 is 11.2. The monoisotopic (exact) mass is 496 g/mol. The largest absolute Gasteiger partial charge is 0.493 e. The Morgan fingerprint density at radius 1 is 1.11 bits per heavy atom. The summed E-state index contributed by atoms with van der Waals surface area (Å²) in [4.78, 5) is 17.6. The summed E-state index contributed by atoms with van der Waals surface area (Å²) >= 11 is 6.53. The van der Waals surface area contributed by atoms with Gasteiger partial charge in [0, 0.05) is 49.4 Å². The van der Waals surface area contributed by atoms with Crippen LogP contribution in [0.4, 0.5) is 0 Å². The first-order valence-corrected chi connectivity index (χ1v) is 12.4. The van der Waals surface area contributed by atoms with Crippen molar-refractivity contribution in [2.45, 2.75) is 19.9 Å². The first-order valence-electron chi connectivity index (χ1n) is 12.1. The maximum Gasteiger partial charge on any atom is 0.273 e. The van der Waals surface area contributed by atoms with E-state index in [0.29, 0.717) is 29.9 Å². The van der Waals surface area contributed by atoms with E-state index >= 15 is 0 Å². The van der Waals surface area contributed by atoms with E-state index in [2.05, 4.69) is 41.2 Å². The van der Waals surface area contributed by atoms with Crippen LogP contribution in [0.25, 0.3) is 11.3 Å². The van der Waals surface area contributed by atoms with Crippen LogP contribution in [0, 0.1) is 5.92 Å². The second kappa shape index (κ2) is 11.7. The number of halogens is 1. The van der Waals surface area contributed by atoms with E-state index in [9.17, 15) is 4.79 Å². The maximum absolute atomic E-state index is 12.9. The Labute approximate surface area is 212 Å². The molecule has 1 aliphatic heterocycles. The van der Waals surface area contributed by atoms with E-state index in [1.54, 1.807) is 6.07 Å². The molecule has 8 heteroatoms. The van der Waals surface area contributed by atoms with Crippen molar-refractivity contribution in [3.63, 3.8) is 0 Å². The SMILES string of the molecule is CC(C)COc1ccc(-c2cc(C(=O)NC[C@H](c3ccccc3Cl)N3CCN(C)CC3)no2)cc1. The van der Waals surface area contributed by atoms with Crippen LogP contribution in [0.2, 0.25) is 5.02 Å². The second-order valence-corrected chi connectivity index (χ2v) is 9.80. The summed E-state index contributed by atoms with van der Waals surface area (Å²) in [5.74, 6) is 1.52. The fraction of sp³-hybridized carbons (Fsp3) is 0.407. The Bertz CT molecular complexity index is 1110. The Kier molecular flexibility index (Phi) is 8.44. The molecule has 0 radical (unpaired) electrons. The molecular formula is C27H33ClN4O3. The molecule has 2 aromatic carbocycles. The molecule has 3 aromatic rings. The zero-order valence-electron chi connectivity index (χ0n) is 20.5. The number of benzene rings is 2. The highest BCUT2D eigenvalue weighted by molar-refractivity contribution is 6.31. The van der Waals surface area contributed by atoms with Gasteiger partial charge in [-0.2, -0.15) is 0 Å². The Balaban J connectivity index is 1.42. The molecule has 4 rings (SSSR count). The van der Waals surface area contributed by atoms with E-state index in [-0.39, 0.29) is 17.6 Å². The van der Waals surface area contributed by atoms with Gasteiger partial charge in [0.05, 0.1) is 12.6 Å². The summed E-state index contributed by atoms with van der Waals surface area (Å²) in [7, 11) is 2.12. The number of likely N-dealkylation sites (N-methyl/N-ethyl adjacent to an activating group) is 1. The lowest BCUT2D eigenvalue weighted by Gasteiger charge is -2.38. The maximum atomic E-state index is 12.9. The van der Waals surface area contributed by atoms with Crippen molar-refractivity contribution in [2.75, 3.05) is 46.4 Å². The van der Waals surface area contributed by atoms with E-state index in [0.717, 1.165) is 43.1 Å². The quantitative estimate of drug-likeness (QED) is 0.461. The predicted octanol–water partition coefficient (Wildman–Crippen LogP) is 4.75. The molecule has 1 fully saturated rings. The third-order valence-electron chi connectivity index (χ3n) is 6.16. The summed E-state index contributed by atoms with van der Waals surface area (Å²) in [6.07, 6.45) is 0. The molecule has 186 valence electrons. The van der Waals surface area contributed by atoms with Crippen molar-refractivity contribution in [2.24, 2.45) is 5.92 Å². The number of aromatic nitrogens is 1. The van der Waals surface area contributed by atoms with Gasteiger partial charge < -0.3 is 19.5 Å². The average molecular weight is 497 g/mol. The van der Waals surface area contributed by atoms with Gasteiger partial charge in [0.25, 0.3) is 5.91 Å². The molecule has 0 aliphatic carbocycles. The van der Waals surface area contributed by atoms with Crippen molar-refractivity contribution in [1.82, 2.24) is 20.3 Å². The van der Waals surface area contributed by atoms with Crippen LogP contribution in [0.5, 0.6) is 5.75 Å². The molecule has 35 heavy (non-hydrogen) atoms. The molecule has 7 nitrogen and oxygen atoms in total. The summed E-state index contributed by atoms with van der Waals surface area (Å²) in [6.45, 7) is 9.08. The highest BCUT2D eigenvalue weighted by Crippen LogP contribution is 2.28. The molecule has 1 atom stereocenters. The number of ether oxygens (including phenoxy) is 1. The van der Waals surface area contributed by atoms with Crippen LogP contribution in [0.1, 0.15) is 35.9 Å². The molecule has 0 bridgehead atoms. The fourth-order valence-corrected chi connectivity index (χ4v) is 4.35. The number of carbonyl (C=O) groups excluding carboxylic acids is 1. The van der Waals surface area contributed by atoms with Crippen LogP contribution < -0.4 is 10.1 Å². The highest BCUT2D eigenvalue weighted by atomic mass is 35.5. The van der Waals surface area contributed by atoms with Gasteiger partial charge in [-0.25, -0.2) is 0 Å². The smallest absolute Gasteiger partial charge is 0.273 e. The standard InChI is InChI=1S/C27H33ClN4O3/c1-19(2)18-34-21-10-8-20(9-11-21)26-16-24(30-35-26)27(33)29-17-25(22-6-4-5-7-23(22)28)32-14-12-31(3)13-15-32/h4-11,16,19,25H,12-15,17-18H2,1-3H3,(H,29,33)/t25-/m1/s1. The minimum absolute atomic E-state index is 0.0221. The first kappa shape index (κ1) is 25.2. The zero-order valence-corrected chi connectivity index (χ0v) is 21.3. The van der Waals surface area contributed by atoms with Gasteiger partial charge in [-0.3, -0.25) is 9.69 Å². The number of hydrogen-bond acceptors (Lipinski definition) is 6. The van der Waals surface area contributed by atoms with E-state index in [1.165, 1.54) is 0 Å². The second-order valence-electron chi connectivity index (χ2n) is 9.39. The molecule has 1 saturated heterocycles. The number of piperazine rings is 1. The topological polar surface area (TPSA) is 70.8 Å². The molecule has 0 unspecified atom stereocenters. The van der Waals surface area contributed by atoms with Gasteiger partial charge >= 0.3 is 0 Å². The summed E-state index contributed by atoms with van der Waals surface area (Å²) in [5, 5.41) is 7.74. The van der Waals surface area contributed by atoms with Crippen LogP contribution >= 0.6 is 11.6 Å². The molecule has 1 aromatic heterocycles. The molecule has 0 saturated carbocycles. The predicted molar refractivity (Wildman–Crippen MR) is 138 cm³/mol. The van der Waals surface area contributed by atoms with Crippen molar-refractivity contribution in [3.8, 4) is 17.1 Å². The first-order chi connectivity index (χ1) is 16.9. The highest BCUT2D eigenvalue weighted by Gasteiger charge is 2.26. The lowest BCUT2D eigenvalue weighted by Crippen LogP contribution is -2.48. The summed E-state index contributed by atoms with van der Waals surface area (Å²) in [5.41, 5.74) is 2.09. The lowest BCUT2D eigenvalue weighted by atomic mass is 10.0. The Hall–Kier alpha value is -2.87. The minimum atomic E-state index is -0.275. The fourth-order valence-electron chi connectivity index (χ4n) is 4.09. The number of nitrogens with zero attached hydrogens (tertiary/aromatic N) is 3. The average Bonchev–Trinajstić information content (AvgIpc) is 3.35. The van der Waals surface area contributed by atoms with Crippen molar-refractivity contribution >= 4 is 17.5 Å². The van der Waals surface area contributed by atoms with Gasteiger partial charge in [-0.15, -0.1) is 0 Å². The van der Waals surface area contributed by atoms with Crippen LogP contribution in [0.3, 0.4) is 0 Å². The van der Waals surface area contributed by atoms with Gasteiger partial charge in [-0.1, -0.05) is 48.8 Å². The minimum Gasteiger partial charge on any atom is -0.493 e. The number of hydrogen-bond donors (Lipinski definition) is 1. The van der Waals surface area contributed by atoms with Gasteiger partial charge in [0.1, 0.15) is 5.75 Å². The number of nitrogens with one attached hydrogen (secondary N) is 1. The van der Waals surface area contributed by atoms with E-state index < -0.39 is 0 Å². The van der Waals surface area contributed by atoms with Crippen molar-refractivity contribution < 1.29 is 14.1 Å². The third-order valence-corrected chi connectivity index (χ3v) is 6.51.